The normalized spacial score (nSPS) is 18.1. The summed E-state index contributed by atoms with van der Waals surface area (Å²) in [7, 11) is 0. The predicted octanol–water partition coefficient (Wildman–Crippen LogP) is 8.02. The van der Waals surface area contributed by atoms with Crippen LogP contribution in [0.3, 0.4) is 0 Å². The number of carbonyl (C=O) groups is 1. The van der Waals surface area contributed by atoms with Crippen molar-refractivity contribution < 1.29 is 9.18 Å². The van der Waals surface area contributed by atoms with Crippen LogP contribution in [-0.4, -0.2) is 16.8 Å². The summed E-state index contributed by atoms with van der Waals surface area (Å²) in [5.41, 5.74) is 1.96. The zero-order chi connectivity index (χ0) is 24.6. The number of benzene rings is 3. The number of halogens is 6. The number of nitrogens with one attached hydrogen (secondary N) is 2. The SMILES string of the molecule is N#Cc1cc(F)ccc1NC(=O)c1cc(NCC2C(c3ccc(Br)c(Cl)c3)C2(Cl)Cl)ccc1Cl. The minimum atomic E-state index is -0.951. The number of alkyl halides is 2. The van der Waals surface area contributed by atoms with Gasteiger partial charge in [0.2, 0.25) is 0 Å². The quantitative estimate of drug-likeness (QED) is 0.281. The van der Waals surface area contributed by atoms with Crippen LogP contribution < -0.4 is 10.6 Å². The van der Waals surface area contributed by atoms with Crippen molar-refractivity contribution in [2.24, 2.45) is 5.92 Å². The maximum atomic E-state index is 13.4. The minimum absolute atomic E-state index is 0.00661. The van der Waals surface area contributed by atoms with Gasteiger partial charge in [0.25, 0.3) is 5.91 Å². The van der Waals surface area contributed by atoms with Crippen molar-refractivity contribution >= 4 is 79.6 Å². The molecule has 174 valence electrons. The van der Waals surface area contributed by atoms with Crippen molar-refractivity contribution in [3.8, 4) is 6.07 Å². The van der Waals surface area contributed by atoms with Gasteiger partial charge in [0.15, 0.2) is 0 Å². The Labute approximate surface area is 224 Å². The highest BCUT2D eigenvalue weighted by atomic mass is 79.9. The minimum Gasteiger partial charge on any atom is -0.385 e. The fourth-order valence-corrected chi connectivity index (χ4v) is 5.22. The Morgan fingerprint density at radius 3 is 2.56 bits per heavy atom. The summed E-state index contributed by atoms with van der Waals surface area (Å²) < 4.78 is 13.2. The first-order chi connectivity index (χ1) is 16.1. The van der Waals surface area contributed by atoms with Crippen LogP contribution in [0.4, 0.5) is 15.8 Å². The van der Waals surface area contributed by atoms with Crippen LogP contribution in [0.5, 0.6) is 0 Å². The average Bonchev–Trinajstić information content (AvgIpc) is 3.36. The van der Waals surface area contributed by atoms with Crippen LogP contribution >= 0.6 is 62.3 Å². The van der Waals surface area contributed by atoms with E-state index in [-0.39, 0.29) is 33.7 Å². The first-order valence-electron chi connectivity index (χ1n) is 9.99. The highest BCUT2D eigenvalue weighted by Gasteiger charge is 2.63. The standard InChI is InChI=1S/C24H15BrCl4FN3O/c25-18-4-1-12(8-20(18)27)22-17(24(22,28)29)11-32-15-3-5-19(26)16(9-15)23(34)33-21-6-2-14(30)7-13(21)10-31/h1-9,17,22,32H,11H2,(H,33,34). The number of nitrogens with zero attached hydrogens (tertiary/aromatic N) is 1. The van der Waals surface area contributed by atoms with Crippen molar-refractivity contribution in [3.05, 3.63) is 91.6 Å². The maximum absolute atomic E-state index is 13.4. The largest absolute Gasteiger partial charge is 0.385 e. The Bertz CT molecular complexity index is 1330. The van der Waals surface area contributed by atoms with Gasteiger partial charge in [-0.1, -0.05) is 29.3 Å². The van der Waals surface area contributed by atoms with Crippen LogP contribution in [0.1, 0.15) is 27.4 Å². The molecule has 1 aliphatic carbocycles. The predicted molar refractivity (Wildman–Crippen MR) is 139 cm³/mol. The number of amides is 1. The van der Waals surface area contributed by atoms with Crippen molar-refractivity contribution in [2.75, 3.05) is 17.2 Å². The van der Waals surface area contributed by atoms with E-state index >= 15 is 0 Å². The van der Waals surface area contributed by atoms with Gasteiger partial charge in [0, 0.05) is 28.5 Å². The van der Waals surface area contributed by atoms with Crippen molar-refractivity contribution in [1.29, 1.82) is 5.26 Å². The summed E-state index contributed by atoms with van der Waals surface area (Å²) in [4.78, 5) is 12.8. The van der Waals surface area contributed by atoms with Crippen LogP contribution in [-0.2, 0) is 0 Å². The van der Waals surface area contributed by atoms with Gasteiger partial charge in [-0.3, -0.25) is 4.79 Å². The third kappa shape index (κ3) is 5.15. The summed E-state index contributed by atoms with van der Waals surface area (Å²) >= 11 is 28.9. The van der Waals surface area contributed by atoms with Gasteiger partial charge in [-0.05, 0) is 70.0 Å². The third-order valence-corrected chi connectivity index (χ3v) is 8.19. The van der Waals surface area contributed by atoms with E-state index in [1.54, 1.807) is 18.2 Å². The second kappa shape index (κ2) is 9.93. The molecule has 2 N–H and O–H groups in total. The molecule has 1 aliphatic rings. The molecule has 2 atom stereocenters. The monoisotopic (exact) mass is 599 g/mol. The van der Waals surface area contributed by atoms with Crippen LogP contribution in [0.15, 0.2) is 59.1 Å². The highest BCUT2D eigenvalue weighted by molar-refractivity contribution is 9.10. The van der Waals surface area contributed by atoms with Gasteiger partial charge >= 0.3 is 0 Å². The topological polar surface area (TPSA) is 64.9 Å². The molecular formula is C24H15BrCl4FN3O. The van der Waals surface area contributed by atoms with Gasteiger partial charge < -0.3 is 10.6 Å². The van der Waals surface area contributed by atoms with Crippen LogP contribution in [0.25, 0.3) is 0 Å². The molecule has 4 rings (SSSR count). The highest BCUT2D eigenvalue weighted by Crippen LogP contribution is 2.65. The van der Waals surface area contributed by atoms with Gasteiger partial charge in [0.1, 0.15) is 16.2 Å². The molecule has 0 spiro atoms. The lowest BCUT2D eigenvalue weighted by molar-refractivity contribution is 0.102. The number of rotatable bonds is 6. The molecular weight excluding hydrogens is 587 g/mol. The lowest BCUT2D eigenvalue weighted by Crippen LogP contribution is -2.14. The molecule has 3 aromatic carbocycles. The molecule has 0 bridgehead atoms. The Kier molecular flexibility index (Phi) is 7.33. The molecule has 1 saturated carbocycles. The molecule has 1 fully saturated rings. The van der Waals surface area contributed by atoms with E-state index < -0.39 is 16.1 Å². The van der Waals surface area contributed by atoms with E-state index in [1.807, 2.05) is 24.3 Å². The van der Waals surface area contributed by atoms with Crippen molar-refractivity contribution in [2.45, 2.75) is 10.3 Å². The van der Waals surface area contributed by atoms with E-state index in [0.29, 0.717) is 17.3 Å². The Balaban J connectivity index is 1.47. The molecule has 3 aromatic rings. The molecule has 2 unspecified atom stereocenters. The summed E-state index contributed by atoms with van der Waals surface area (Å²) in [6.45, 7) is 0.449. The number of carbonyl (C=O) groups excluding carboxylic acids is 1. The van der Waals surface area contributed by atoms with Crippen molar-refractivity contribution in [3.63, 3.8) is 0 Å². The fourth-order valence-electron chi connectivity index (χ4n) is 3.75. The van der Waals surface area contributed by atoms with E-state index in [9.17, 15) is 14.4 Å². The number of hydrogen-bond acceptors (Lipinski definition) is 3. The third-order valence-electron chi connectivity index (χ3n) is 5.59. The molecule has 4 nitrogen and oxygen atoms in total. The van der Waals surface area contributed by atoms with E-state index in [4.69, 9.17) is 46.4 Å². The summed E-state index contributed by atoms with van der Waals surface area (Å²) in [5, 5.41) is 15.8. The van der Waals surface area contributed by atoms with E-state index in [2.05, 4.69) is 26.6 Å². The second-order valence-corrected chi connectivity index (χ2v) is 10.9. The zero-order valence-corrected chi connectivity index (χ0v) is 21.8. The smallest absolute Gasteiger partial charge is 0.257 e. The first-order valence-corrected chi connectivity index (χ1v) is 12.3. The summed E-state index contributed by atoms with van der Waals surface area (Å²) in [6.07, 6.45) is 0. The molecule has 0 aliphatic heterocycles. The second-order valence-electron chi connectivity index (χ2n) is 7.76. The average molecular weight is 602 g/mol. The van der Waals surface area contributed by atoms with Crippen molar-refractivity contribution in [1.82, 2.24) is 0 Å². The molecule has 0 saturated heterocycles. The first kappa shape index (κ1) is 25.1. The molecule has 0 aromatic heterocycles. The number of nitriles is 1. The van der Waals surface area contributed by atoms with Gasteiger partial charge in [0.05, 0.1) is 26.9 Å². The lowest BCUT2D eigenvalue weighted by atomic mass is 10.1. The summed E-state index contributed by atoms with van der Waals surface area (Å²) in [6, 6.07) is 15.9. The molecule has 1 amide bonds. The number of anilines is 2. The van der Waals surface area contributed by atoms with E-state index in [0.717, 1.165) is 22.2 Å². The molecule has 0 heterocycles. The van der Waals surface area contributed by atoms with Gasteiger partial charge in [-0.2, -0.15) is 5.26 Å². The van der Waals surface area contributed by atoms with Crippen LogP contribution in [0.2, 0.25) is 10.0 Å². The fraction of sp³-hybridized carbons (Fsp3) is 0.167. The van der Waals surface area contributed by atoms with E-state index in [1.165, 1.54) is 6.07 Å². The number of hydrogen-bond donors (Lipinski definition) is 2. The Morgan fingerprint density at radius 2 is 1.85 bits per heavy atom. The summed E-state index contributed by atoms with van der Waals surface area (Å²) in [5.74, 6) is -1.29. The lowest BCUT2D eigenvalue weighted by Gasteiger charge is -2.12. The van der Waals surface area contributed by atoms with Gasteiger partial charge in [-0.25, -0.2) is 4.39 Å². The van der Waals surface area contributed by atoms with Crippen LogP contribution in [0, 0.1) is 23.1 Å². The maximum Gasteiger partial charge on any atom is 0.257 e. The molecule has 10 heteroatoms. The Hall–Kier alpha value is -2.01. The van der Waals surface area contributed by atoms with Gasteiger partial charge in [-0.15, -0.1) is 23.2 Å². The Morgan fingerprint density at radius 1 is 1.09 bits per heavy atom. The zero-order valence-electron chi connectivity index (χ0n) is 17.2. The molecule has 34 heavy (non-hydrogen) atoms. The molecule has 0 radical (unpaired) electrons.